The Morgan fingerprint density at radius 1 is 1.50 bits per heavy atom. The van der Waals surface area contributed by atoms with Crippen LogP contribution in [0.15, 0.2) is 24.8 Å². The first-order valence-corrected chi connectivity index (χ1v) is 6.67. The molecule has 0 aromatic carbocycles. The van der Waals surface area contributed by atoms with Gasteiger partial charge >= 0.3 is 0 Å². The highest BCUT2D eigenvalue weighted by molar-refractivity contribution is 7.16. The van der Waals surface area contributed by atoms with Gasteiger partial charge < -0.3 is 5.32 Å². The fourth-order valence-electron chi connectivity index (χ4n) is 1.50. The van der Waals surface area contributed by atoms with Crippen molar-refractivity contribution in [2.24, 2.45) is 0 Å². The highest BCUT2D eigenvalue weighted by Gasteiger charge is 2.18. The van der Waals surface area contributed by atoms with Gasteiger partial charge in [-0.05, 0) is 26.0 Å². The SMILES string of the molecule is CC(NC(=O)C(C)n1cncn1)c1ccc(Cl)s1. The number of nitrogens with one attached hydrogen (secondary N) is 1. The van der Waals surface area contributed by atoms with E-state index in [4.69, 9.17) is 11.6 Å². The molecule has 2 rings (SSSR count). The predicted molar refractivity (Wildman–Crippen MR) is 70.6 cm³/mol. The Hall–Kier alpha value is -1.40. The van der Waals surface area contributed by atoms with E-state index < -0.39 is 0 Å². The van der Waals surface area contributed by atoms with Crippen LogP contribution in [0.25, 0.3) is 0 Å². The molecule has 1 amide bonds. The Kier molecular flexibility index (Phi) is 3.98. The molecule has 0 saturated heterocycles. The minimum atomic E-state index is -0.384. The molecule has 0 bridgehead atoms. The second kappa shape index (κ2) is 5.49. The van der Waals surface area contributed by atoms with Crippen molar-refractivity contribution in [3.05, 3.63) is 34.0 Å². The molecule has 2 atom stereocenters. The second-order valence-electron chi connectivity index (χ2n) is 3.92. The molecule has 0 aliphatic carbocycles. The normalized spacial score (nSPS) is 14.2. The van der Waals surface area contributed by atoms with E-state index in [2.05, 4.69) is 15.4 Å². The van der Waals surface area contributed by atoms with Crippen LogP contribution in [-0.2, 0) is 4.79 Å². The van der Waals surface area contributed by atoms with Crippen molar-refractivity contribution in [3.8, 4) is 0 Å². The van der Waals surface area contributed by atoms with Crippen molar-refractivity contribution >= 4 is 28.8 Å². The van der Waals surface area contributed by atoms with Gasteiger partial charge in [0.05, 0.1) is 10.4 Å². The number of hydrogen-bond donors (Lipinski definition) is 1. The first-order chi connectivity index (χ1) is 8.58. The smallest absolute Gasteiger partial charge is 0.245 e. The molecule has 7 heteroatoms. The van der Waals surface area contributed by atoms with Crippen LogP contribution in [-0.4, -0.2) is 20.7 Å². The van der Waals surface area contributed by atoms with Gasteiger partial charge in [-0.3, -0.25) is 4.79 Å². The number of halogens is 1. The van der Waals surface area contributed by atoms with Gasteiger partial charge in [-0.1, -0.05) is 11.6 Å². The lowest BCUT2D eigenvalue weighted by atomic mass is 10.2. The summed E-state index contributed by atoms with van der Waals surface area (Å²) >= 11 is 7.33. The molecule has 5 nitrogen and oxygen atoms in total. The maximum Gasteiger partial charge on any atom is 0.245 e. The van der Waals surface area contributed by atoms with Crippen LogP contribution in [0.3, 0.4) is 0 Å². The Labute approximate surface area is 114 Å². The fraction of sp³-hybridized carbons (Fsp3) is 0.364. The fourth-order valence-corrected chi connectivity index (χ4v) is 2.57. The van der Waals surface area contributed by atoms with E-state index >= 15 is 0 Å². The van der Waals surface area contributed by atoms with Gasteiger partial charge in [0, 0.05) is 4.88 Å². The summed E-state index contributed by atoms with van der Waals surface area (Å²) in [7, 11) is 0. The lowest BCUT2D eigenvalue weighted by Crippen LogP contribution is -2.32. The van der Waals surface area contributed by atoms with Crippen molar-refractivity contribution in [2.75, 3.05) is 0 Å². The van der Waals surface area contributed by atoms with E-state index in [1.807, 2.05) is 19.1 Å². The number of rotatable bonds is 4. The molecular weight excluding hydrogens is 272 g/mol. The van der Waals surface area contributed by atoms with Crippen molar-refractivity contribution < 1.29 is 4.79 Å². The molecule has 2 heterocycles. The average Bonchev–Trinajstić information content (AvgIpc) is 2.98. The third-order valence-corrected chi connectivity index (χ3v) is 4.01. The Morgan fingerprint density at radius 3 is 2.83 bits per heavy atom. The van der Waals surface area contributed by atoms with Crippen LogP contribution in [0, 0.1) is 0 Å². The van der Waals surface area contributed by atoms with Gasteiger partial charge in [0.1, 0.15) is 18.7 Å². The Bertz CT molecular complexity index is 525. The van der Waals surface area contributed by atoms with Gasteiger partial charge in [0.15, 0.2) is 0 Å². The molecule has 0 spiro atoms. The molecule has 18 heavy (non-hydrogen) atoms. The lowest BCUT2D eigenvalue weighted by Gasteiger charge is -2.16. The largest absolute Gasteiger partial charge is 0.347 e. The molecule has 0 fully saturated rings. The number of nitrogens with zero attached hydrogens (tertiary/aromatic N) is 3. The van der Waals surface area contributed by atoms with Crippen LogP contribution in [0.2, 0.25) is 4.34 Å². The summed E-state index contributed by atoms with van der Waals surface area (Å²) in [5, 5.41) is 6.87. The standard InChI is InChI=1S/C11H13ClN4OS/c1-7(9-3-4-10(12)18-9)15-11(17)8(2)16-6-13-5-14-16/h3-8H,1-2H3,(H,15,17). The summed E-state index contributed by atoms with van der Waals surface area (Å²) in [5.74, 6) is -0.0995. The molecule has 2 aromatic rings. The summed E-state index contributed by atoms with van der Waals surface area (Å²) in [6.45, 7) is 3.70. The van der Waals surface area contributed by atoms with E-state index in [1.54, 1.807) is 6.92 Å². The van der Waals surface area contributed by atoms with Gasteiger partial charge in [-0.15, -0.1) is 11.3 Å². The maximum absolute atomic E-state index is 12.0. The van der Waals surface area contributed by atoms with E-state index in [0.717, 1.165) is 9.21 Å². The second-order valence-corrected chi connectivity index (χ2v) is 5.67. The average molecular weight is 285 g/mol. The molecule has 2 aromatic heterocycles. The maximum atomic E-state index is 12.0. The molecule has 0 radical (unpaired) electrons. The number of aromatic nitrogens is 3. The zero-order chi connectivity index (χ0) is 13.1. The van der Waals surface area contributed by atoms with Crippen LogP contribution in [0.1, 0.15) is 30.8 Å². The van der Waals surface area contributed by atoms with Crippen molar-refractivity contribution in [3.63, 3.8) is 0 Å². The van der Waals surface area contributed by atoms with E-state index in [9.17, 15) is 4.79 Å². The number of hydrogen-bond acceptors (Lipinski definition) is 4. The van der Waals surface area contributed by atoms with Crippen LogP contribution >= 0.6 is 22.9 Å². The van der Waals surface area contributed by atoms with Crippen molar-refractivity contribution in [2.45, 2.75) is 25.9 Å². The molecule has 0 aliphatic heterocycles. The summed E-state index contributed by atoms with van der Waals surface area (Å²) in [6.07, 6.45) is 2.93. The number of carbonyl (C=O) groups excluding carboxylic acids is 1. The van der Waals surface area contributed by atoms with Gasteiger partial charge in [0.25, 0.3) is 0 Å². The van der Waals surface area contributed by atoms with Crippen molar-refractivity contribution in [1.82, 2.24) is 20.1 Å². The quantitative estimate of drug-likeness (QED) is 0.938. The van der Waals surface area contributed by atoms with E-state index in [0.29, 0.717) is 0 Å². The van der Waals surface area contributed by atoms with Gasteiger partial charge in [-0.25, -0.2) is 9.67 Å². The Balaban J connectivity index is 1.99. The first kappa shape index (κ1) is 13.0. The topological polar surface area (TPSA) is 59.8 Å². The molecule has 0 aliphatic rings. The van der Waals surface area contributed by atoms with Gasteiger partial charge in [0.2, 0.25) is 5.91 Å². The predicted octanol–water partition coefficient (Wildman–Crippen LogP) is 2.43. The summed E-state index contributed by atoms with van der Waals surface area (Å²) < 4.78 is 2.24. The molecular formula is C11H13ClN4OS. The van der Waals surface area contributed by atoms with Crippen LogP contribution in [0.5, 0.6) is 0 Å². The highest BCUT2D eigenvalue weighted by Crippen LogP contribution is 2.26. The van der Waals surface area contributed by atoms with E-state index in [-0.39, 0.29) is 18.0 Å². The summed E-state index contributed by atoms with van der Waals surface area (Å²) in [6, 6.07) is 3.29. The molecule has 1 N–H and O–H groups in total. The molecule has 2 unspecified atom stereocenters. The third-order valence-electron chi connectivity index (χ3n) is 2.59. The minimum absolute atomic E-state index is 0.0685. The zero-order valence-electron chi connectivity index (χ0n) is 10.0. The highest BCUT2D eigenvalue weighted by atomic mass is 35.5. The first-order valence-electron chi connectivity index (χ1n) is 5.47. The molecule has 96 valence electrons. The number of amides is 1. The number of carbonyl (C=O) groups is 1. The van der Waals surface area contributed by atoms with Crippen molar-refractivity contribution in [1.29, 1.82) is 0 Å². The minimum Gasteiger partial charge on any atom is -0.347 e. The number of thiophene rings is 1. The van der Waals surface area contributed by atoms with Crippen LogP contribution in [0.4, 0.5) is 0 Å². The van der Waals surface area contributed by atoms with Gasteiger partial charge in [-0.2, -0.15) is 5.10 Å². The molecule has 0 saturated carbocycles. The van der Waals surface area contributed by atoms with Crippen LogP contribution < -0.4 is 5.32 Å². The summed E-state index contributed by atoms with van der Waals surface area (Å²) in [5.41, 5.74) is 0. The third kappa shape index (κ3) is 2.88. The Morgan fingerprint density at radius 2 is 2.28 bits per heavy atom. The monoisotopic (exact) mass is 284 g/mol. The lowest BCUT2D eigenvalue weighted by molar-refractivity contribution is -0.124. The zero-order valence-corrected chi connectivity index (χ0v) is 11.6. The van der Waals surface area contributed by atoms with E-state index in [1.165, 1.54) is 28.7 Å². The summed E-state index contributed by atoms with van der Waals surface area (Å²) in [4.78, 5) is 16.9.